The van der Waals surface area contributed by atoms with Gasteiger partial charge in [-0.2, -0.15) is 0 Å². The quantitative estimate of drug-likeness (QED) is 0.765. The molecule has 0 saturated heterocycles. The third kappa shape index (κ3) is 2.90. The molecule has 2 heterocycles. The lowest BCUT2D eigenvalue weighted by molar-refractivity contribution is -0.139. The highest BCUT2D eigenvalue weighted by atomic mass is 32.1. The summed E-state index contributed by atoms with van der Waals surface area (Å²) in [5, 5.41) is 13.2. The number of rotatable bonds is 4. The van der Waals surface area contributed by atoms with Crippen molar-refractivity contribution in [3.05, 3.63) is 58.9 Å². The predicted octanol–water partition coefficient (Wildman–Crippen LogP) is 2.23. The highest BCUT2D eigenvalue weighted by Crippen LogP contribution is 2.19. The summed E-state index contributed by atoms with van der Waals surface area (Å²) in [5.41, 5.74) is -0.334. The molecule has 0 spiro atoms. The number of amides is 1. The van der Waals surface area contributed by atoms with Crippen molar-refractivity contribution < 1.29 is 23.5 Å². The summed E-state index contributed by atoms with van der Waals surface area (Å²) in [7, 11) is 0. The fourth-order valence-corrected chi connectivity index (χ4v) is 2.75. The van der Waals surface area contributed by atoms with E-state index in [-0.39, 0.29) is 11.3 Å². The molecule has 0 aliphatic carbocycles. The van der Waals surface area contributed by atoms with Gasteiger partial charge in [0.1, 0.15) is 17.3 Å². The van der Waals surface area contributed by atoms with Crippen LogP contribution in [0.25, 0.3) is 4.96 Å². The molecule has 3 aromatic rings. The number of thiazole rings is 1. The van der Waals surface area contributed by atoms with Gasteiger partial charge in [-0.1, -0.05) is 6.07 Å². The van der Waals surface area contributed by atoms with Gasteiger partial charge in [0.15, 0.2) is 11.0 Å². The highest BCUT2D eigenvalue weighted by Gasteiger charge is 2.26. The van der Waals surface area contributed by atoms with Crippen molar-refractivity contribution in [2.45, 2.75) is 6.04 Å². The van der Waals surface area contributed by atoms with E-state index in [1.807, 2.05) is 0 Å². The molecule has 3 rings (SSSR count). The predicted molar refractivity (Wildman–Crippen MR) is 77.3 cm³/mol. The molecule has 9 heteroatoms. The van der Waals surface area contributed by atoms with Crippen LogP contribution in [0, 0.1) is 11.6 Å². The zero-order valence-corrected chi connectivity index (χ0v) is 12.2. The number of aliphatic carboxylic acids is 1. The second-order valence-corrected chi connectivity index (χ2v) is 5.50. The van der Waals surface area contributed by atoms with Gasteiger partial charge in [-0.15, -0.1) is 11.3 Å². The zero-order valence-electron chi connectivity index (χ0n) is 11.4. The number of carbonyl (C=O) groups excluding carboxylic acids is 1. The van der Waals surface area contributed by atoms with Crippen molar-refractivity contribution in [2.24, 2.45) is 0 Å². The lowest BCUT2D eigenvalue weighted by atomic mass is 10.1. The summed E-state index contributed by atoms with van der Waals surface area (Å²) < 4.78 is 28.3. The maximum atomic E-state index is 13.8. The number of halogens is 2. The van der Waals surface area contributed by atoms with Crippen LogP contribution in [0.15, 0.2) is 36.0 Å². The molecule has 2 aromatic heterocycles. The van der Waals surface area contributed by atoms with E-state index >= 15 is 0 Å². The molecule has 1 amide bonds. The molecule has 0 aliphatic rings. The van der Waals surface area contributed by atoms with Crippen molar-refractivity contribution in [2.75, 3.05) is 0 Å². The lowest BCUT2D eigenvalue weighted by Gasteiger charge is -2.14. The van der Waals surface area contributed by atoms with E-state index in [0.29, 0.717) is 11.0 Å². The molecule has 0 bridgehead atoms. The van der Waals surface area contributed by atoms with Gasteiger partial charge < -0.3 is 10.4 Å². The van der Waals surface area contributed by atoms with Crippen LogP contribution in [0.4, 0.5) is 8.78 Å². The monoisotopic (exact) mass is 337 g/mol. The fourth-order valence-electron chi connectivity index (χ4n) is 2.05. The summed E-state index contributed by atoms with van der Waals surface area (Å²) in [4.78, 5) is 28.1. The molecular weight excluding hydrogens is 328 g/mol. The van der Waals surface area contributed by atoms with E-state index in [1.165, 1.54) is 17.5 Å². The Morgan fingerprint density at radius 2 is 2.13 bits per heavy atom. The number of aromatic nitrogens is 2. The largest absolute Gasteiger partial charge is 0.479 e. The van der Waals surface area contributed by atoms with Crippen LogP contribution < -0.4 is 5.32 Å². The minimum absolute atomic E-state index is 0.00520. The van der Waals surface area contributed by atoms with Crippen LogP contribution in [-0.4, -0.2) is 26.4 Å². The molecule has 0 unspecified atom stereocenters. The third-order valence-electron chi connectivity index (χ3n) is 3.12. The van der Waals surface area contributed by atoms with Gasteiger partial charge in [-0.3, -0.25) is 9.20 Å². The summed E-state index contributed by atoms with van der Waals surface area (Å²) in [6.07, 6.45) is 3.12. The Bertz CT molecular complexity index is 877. The molecule has 0 radical (unpaired) electrons. The van der Waals surface area contributed by atoms with Crippen molar-refractivity contribution in [3.63, 3.8) is 0 Å². The highest BCUT2D eigenvalue weighted by molar-refractivity contribution is 7.15. The van der Waals surface area contributed by atoms with Crippen LogP contribution in [0.3, 0.4) is 0 Å². The van der Waals surface area contributed by atoms with E-state index in [1.54, 1.807) is 16.0 Å². The molecule has 0 aliphatic heterocycles. The molecule has 1 atom stereocenters. The Hall–Kier alpha value is -2.81. The zero-order chi connectivity index (χ0) is 16.6. The Kier molecular flexibility index (Phi) is 3.78. The number of fused-ring (bicyclic) bond motifs is 1. The fraction of sp³-hybridized carbons (Fsp3) is 0.0714. The smallest absolute Gasteiger partial charge is 0.331 e. The topological polar surface area (TPSA) is 83.7 Å². The number of imidazole rings is 1. The Morgan fingerprint density at radius 3 is 2.78 bits per heavy atom. The molecule has 2 N–H and O–H groups in total. The van der Waals surface area contributed by atoms with Crippen molar-refractivity contribution >= 4 is 28.2 Å². The second-order valence-electron chi connectivity index (χ2n) is 4.63. The first-order chi connectivity index (χ1) is 11.0. The number of carboxylic acid groups (broad SMARTS) is 1. The van der Waals surface area contributed by atoms with Crippen molar-refractivity contribution in [3.8, 4) is 0 Å². The molecule has 0 saturated carbocycles. The molecule has 6 nitrogen and oxygen atoms in total. The van der Waals surface area contributed by atoms with Gasteiger partial charge in [0.25, 0.3) is 5.91 Å². The summed E-state index contributed by atoms with van der Waals surface area (Å²) in [6.45, 7) is 0. The number of carboxylic acids is 1. The maximum Gasteiger partial charge on any atom is 0.331 e. The van der Waals surface area contributed by atoms with E-state index in [9.17, 15) is 23.5 Å². The number of hydrogen-bond donors (Lipinski definition) is 2. The van der Waals surface area contributed by atoms with Crippen LogP contribution in [0.1, 0.15) is 22.1 Å². The first kappa shape index (κ1) is 15.1. The number of hydrogen-bond acceptors (Lipinski definition) is 4. The maximum absolute atomic E-state index is 13.8. The summed E-state index contributed by atoms with van der Waals surface area (Å²) in [5.74, 6) is -4.12. The number of nitrogens with zero attached hydrogens (tertiary/aromatic N) is 2. The Labute approximate surface area is 132 Å². The van der Waals surface area contributed by atoms with Crippen LogP contribution in [0.2, 0.25) is 0 Å². The Morgan fingerprint density at radius 1 is 1.35 bits per heavy atom. The average Bonchev–Trinajstić information content (AvgIpc) is 3.06. The second kappa shape index (κ2) is 5.76. The van der Waals surface area contributed by atoms with Crippen LogP contribution >= 0.6 is 11.3 Å². The SMILES string of the molecule is O=C(N[C@H](C(=O)O)c1ccc(F)cc1F)c1cn2ccsc2n1. The Balaban J connectivity index is 1.88. The van der Waals surface area contributed by atoms with Gasteiger partial charge in [0.2, 0.25) is 0 Å². The minimum atomic E-state index is -1.65. The van der Waals surface area contributed by atoms with E-state index < -0.39 is 29.6 Å². The number of nitrogens with one attached hydrogen (secondary N) is 1. The van der Waals surface area contributed by atoms with Gasteiger partial charge >= 0.3 is 5.97 Å². The van der Waals surface area contributed by atoms with Crippen molar-refractivity contribution in [1.82, 2.24) is 14.7 Å². The molecule has 23 heavy (non-hydrogen) atoms. The molecule has 1 aromatic carbocycles. The normalized spacial score (nSPS) is 12.3. The van der Waals surface area contributed by atoms with Gasteiger partial charge in [0, 0.05) is 29.4 Å². The van der Waals surface area contributed by atoms with Crippen molar-refractivity contribution in [1.29, 1.82) is 0 Å². The van der Waals surface area contributed by atoms with Crippen LogP contribution in [0.5, 0.6) is 0 Å². The number of benzene rings is 1. The number of carbonyl (C=O) groups is 2. The van der Waals surface area contributed by atoms with E-state index in [0.717, 1.165) is 12.1 Å². The standard InChI is InChI=1S/C14H9F2N3O3S/c15-7-1-2-8(9(16)5-7)11(13(21)22)18-12(20)10-6-19-3-4-23-14(19)17-10/h1-6,11H,(H,18,20)(H,21,22)/t11-/m0/s1. The molecular formula is C14H9F2N3O3S. The van der Waals surface area contributed by atoms with E-state index in [4.69, 9.17) is 0 Å². The van der Waals surface area contributed by atoms with Gasteiger partial charge in [-0.25, -0.2) is 18.6 Å². The molecule has 0 fully saturated rings. The van der Waals surface area contributed by atoms with Gasteiger partial charge in [-0.05, 0) is 6.07 Å². The first-order valence-electron chi connectivity index (χ1n) is 6.36. The molecule has 118 valence electrons. The average molecular weight is 337 g/mol. The van der Waals surface area contributed by atoms with Gasteiger partial charge in [0.05, 0.1) is 0 Å². The summed E-state index contributed by atoms with van der Waals surface area (Å²) >= 11 is 1.31. The lowest BCUT2D eigenvalue weighted by Crippen LogP contribution is -2.34. The van der Waals surface area contributed by atoms with E-state index in [2.05, 4.69) is 10.3 Å². The first-order valence-corrected chi connectivity index (χ1v) is 7.24. The van der Waals surface area contributed by atoms with Crippen LogP contribution in [-0.2, 0) is 4.79 Å². The minimum Gasteiger partial charge on any atom is -0.479 e. The summed E-state index contributed by atoms with van der Waals surface area (Å²) in [6, 6.07) is 0.815. The third-order valence-corrected chi connectivity index (χ3v) is 3.89.